The van der Waals surface area contributed by atoms with Crippen molar-refractivity contribution in [3.05, 3.63) is 42.5 Å². The average Bonchev–Trinajstić information content (AvgIpc) is 2.43. The number of nitrogens with zero attached hydrogens (tertiary/aromatic N) is 2. The Morgan fingerprint density at radius 3 is 1.96 bits per heavy atom. The molecule has 0 heterocycles. The molecule has 11 heteroatoms. The molecule has 0 saturated carbocycles. The van der Waals surface area contributed by atoms with Crippen molar-refractivity contribution in [2.24, 2.45) is 10.2 Å². The van der Waals surface area contributed by atoms with Gasteiger partial charge in [0.15, 0.2) is 0 Å². The van der Waals surface area contributed by atoms with Crippen molar-refractivity contribution in [3.63, 3.8) is 0 Å². The maximum Gasteiger partial charge on any atom is 0.298 e. The summed E-state index contributed by atoms with van der Waals surface area (Å²) in [5, 5.41) is 7.22. The number of hydrogen-bond donors (Lipinski definition) is 3. The van der Waals surface area contributed by atoms with Crippen molar-refractivity contribution in [2.75, 3.05) is 5.73 Å². The molecule has 0 fully saturated rings. The third kappa shape index (κ3) is 3.90. The first-order valence-corrected chi connectivity index (χ1v) is 8.83. The molecule has 4 N–H and O–H groups in total. The van der Waals surface area contributed by atoms with Crippen LogP contribution >= 0.6 is 0 Å². The molecule has 2 rings (SSSR count). The smallest absolute Gasteiger partial charge is 0.298 e. The van der Waals surface area contributed by atoms with Crippen molar-refractivity contribution in [1.82, 2.24) is 0 Å². The van der Waals surface area contributed by atoms with Gasteiger partial charge in [0.05, 0.1) is 5.69 Å². The van der Waals surface area contributed by atoms with Crippen LogP contribution < -0.4 is 5.73 Å². The highest BCUT2D eigenvalue weighted by Gasteiger charge is 2.19. The maximum atomic E-state index is 11.4. The lowest BCUT2D eigenvalue weighted by atomic mass is 10.3. The second-order valence-corrected chi connectivity index (χ2v) is 7.06. The number of azo groups is 1. The third-order valence-corrected chi connectivity index (χ3v) is 4.55. The summed E-state index contributed by atoms with van der Waals surface area (Å²) in [6, 6.07) is 9.03. The zero-order valence-corrected chi connectivity index (χ0v) is 13.0. The van der Waals surface area contributed by atoms with Gasteiger partial charge < -0.3 is 5.73 Å². The topological polar surface area (TPSA) is 159 Å². The number of anilines is 1. The van der Waals surface area contributed by atoms with Gasteiger partial charge in [0.25, 0.3) is 20.2 Å². The first-order chi connectivity index (χ1) is 10.6. The summed E-state index contributed by atoms with van der Waals surface area (Å²) < 4.78 is 63.5. The summed E-state index contributed by atoms with van der Waals surface area (Å²) >= 11 is 0. The molecule has 2 aromatic rings. The van der Waals surface area contributed by atoms with Crippen molar-refractivity contribution in [2.45, 2.75) is 9.79 Å². The van der Waals surface area contributed by atoms with E-state index in [2.05, 4.69) is 10.2 Å². The minimum atomic E-state index is -4.65. The average molecular weight is 357 g/mol. The molecular weight excluding hydrogens is 346 g/mol. The van der Waals surface area contributed by atoms with Gasteiger partial charge in [-0.2, -0.15) is 16.8 Å². The van der Waals surface area contributed by atoms with E-state index in [1.165, 1.54) is 36.4 Å². The molecule has 0 amide bonds. The van der Waals surface area contributed by atoms with E-state index in [-0.39, 0.29) is 17.1 Å². The number of hydrogen-bond acceptors (Lipinski definition) is 7. The molecule has 0 spiro atoms. The highest BCUT2D eigenvalue weighted by molar-refractivity contribution is 7.86. The van der Waals surface area contributed by atoms with Gasteiger partial charge in [-0.15, -0.1) is 10.2 Å². The van der Waals surface area contributed by atoms with Crippen LogP contribution in [0.15, 0.2) is 62.5 Å². The molecule has 0 aliphatic heterocycles. The summed E-state index contributed by atoms with van der Waals surface area (Å²) in [5.74, 6) is 0. The SMILES string of the molecule is Nc1cccc(N=Nc2ccccc2S(=O)(=O)O)c1S(=O)(=O)O. The van der Waals surface area contributed by atoms with E-state index in [1.807, 2.05) is 0 Å². The van der Waals surface area contributed by atoms with E-state index < -0.39 is 30.0 Å². The second kappa shape index (κ2) is 6.04. The molecule has 0 bridgehead atoms. The Bertz CT molecular complexity index is 984. The Morgan fingerprint density at radius 1 is 0.783 bits per heavy atom. The summed E-state index contributed by atoms with van der Waals surface area (Å²) in [7, 11) is -9.18. The van der Waals surface area contributed by atoms with Gasteiger partial charge in [-0.1, -0.05) is 18.2 Å². The minimum Gasteiger partial charge on any atom is -0.398 e. The van der Waals surface area contributed by atoms with Gasteiger partial charge in [0, 0.05) is 0 Å². The molecule has 0 aromatic heterocycles. The predicted molar refractivity (Wildman–Crippen MR) is 81.1 cm³/mol. The Kier molecular flexibility index (Phi) is 4.47. The fourth-order valence-corrected chi connectivity index (χ4v) is 3.13. The fourth-order valence-electron chi connectivity index (χ4n) is 1.77. The van der Waals surface area contributed by atoms with Crippen molar-refractivity contribution >= 4 is 37.3 Å². The third-order valence-electron chi connectivity index (χ3n) is 2.69. The monoisotopic (exact) mass is 357 g/mol. The summed E-state index contributed by atoms with van der Waals surface area (Å²) in [4.78, 5) is -1.14. The van der Waals surface area contributed by atoms with Crippen molar-refractivity contribution in [3.8, 4) is 0 Å². The van der Waals surface area contributed by atoms with Crippen LogP contribution in [0.4, 0.5) is 17.1 Å². The lowest BCUT2D eigenvalue weighted by molar-refractivity contribution is 0.481. The molecule has 23 heavy (non-hydrogen) atoms. The van der Waals surface area contributed by atoms with Crippen LogP contribution in [0.1, 0.15) is 0 Å². The van der Waals surface area contributed by atoms with E-state index in [1.54, 1.807) is 0 Å². The van der Waals surface area contributed by atoms with E-state index in [4.69, 9.17) is 10.3 Å². The zero-order valence-electron chi connectivity index (χ0n) is 11.4. The molecule has 0 unspecified atom stereocenters. The molecule has 0 saturated heterocycles. The van der Waals surface area contributed by atoms with Crippen LogP contribution in [0.3, 0.4) is 0 Å². The van der Waals surface area contributed by atoms with Gasteiger partial charge in [0.1, 0.15) is 21.2 Å². The Morgan fingerprint density at radius 2 is 1.35 bits per heavy atom. The molecule has 122 valence electrons. The van der Waals surface area contributed by atoms with Crippen molar-refractivity contribution < 1.29 is 25.9 Å². The summed E-state index contributed by atoms with van der Waals surface area (Å²) in [5.41, 5.74) is 4.77. The van der Waals surface area contributed by atoms with E-state index in [9.17, 15) is 21.4 Å². The summed E-state index contributed by atoms with van der Waals surface area (Å²) in [6.45, 7) is 0. The second-order valence-electron chi connectivity index (χ2n) is 4.31. The number of nitrogens with two attached hydrogens (primary N) is 1. The van der Waals surface area contributed by atoms with Crippen LogP contribution in [0.5, 0.6) is 0 Å². The van der Waals surface area contributed by atoms with E-state index >= 15 is 0 Å². The molecule has 0 atom stereocenters. The fraction of sp³-hybridized carbons (Fsp3) is 0. The molecule has 9 nitrogen and oxygen atoms in total. The maximum absolute atomic E-state index is 11.4. The largest absolute Gasteiger partial charge is 0.398 e. The molecular formula is C12H11N3O6S2. The Balaban J connectivity index is 2.59. The Labute approximate surface area is 132 Å². The first-order valence-electron chi connectivity index (χ1n) is 5.95. The number of nitrogen functional groups attached to an aromatic ring is 1. The Hall–Kier alpha value is -2.34. The van der Waals surface area contributed by atoms with Gasteiger partial charge in [-0.25, -0.2) is 0 Å². The minimum absolute atomic E-state index is 0.210. The van der Waals surface area contributed by atoms with E-state index in [0.717, 1.165) is 6.07 Å². The lowest BCUT2D eigenvalue weighted by Crippen LogP contribution is -2.03. The normalized spacial score (nSPS) is 12.6. The van der Waals surface area contributed by atoms with Crippen LogP contribution in [0.25, 0.3) is 0 Å². The van der Waals surface area contributed by atoms with Crippen LogP contribution in [-0.4, -0.2) is 25.9 Å². The zero-order chi connectivity index (χ0) is 17.3. The van der Waals surface area contributed by atoms with E-state index in [0.29, 0.717) is 0 Å². The molecule has 0 aliphatic carbocycles. The molecule has 2 aromatic carbocycles. The van der Waals surface area contributed by atoms with Gasteiger partial charge in [0.2, 0.25) is 0 Å². The van der Waals surface area contributed by atoms with Crippen LogP contribution in [0.2, 0.25) is 0 Å². The highest BCUT2D eigenvalue weighted by atomic mass is 32.2. The quantitative estimate of drug-likeness (QED) is 0.429. The van der Waals surface area contributed by atoms with Gasteiger partial charge >= 0.3 is 0 Å². The van der Waals surface area contributed by atoms with Gasteiger partial charge in [-0.05, 0) is 24.3 Å². The van der Waals surface area contributed by atoms with Crippen molar-refractivity contribution in [1.29, 1.82) is 0 Å². The highest BCUT2D eigenvalue weighted by Crippen LogP contribution is 2.32. The predicted octanol–water partition coefficient (Wildman–Crippen LogP) is 2.18. The van der Waals surface area contributed by atoms with Crippen LogP contribution in [-0.2, 0) is 20.2 Å². The number of benzene rings is 2. The molecule has 0 radical (unpaired) electrons. The van der Waals surface area contributed by atoms with Gasteiger partial charge in [-0.3, -0.25) is 9.11 Å². The molecule has 0 aliphatic rings. The lowest BCUT2D eigenvalue weighted by Gasteiger charge is -2.05. The first kappa shape index (κ1) is 17.0. The number of rotatable bonds is 4. The standard InChI is InChI=1S/C12H11N3O6S2/c13-8-4-3-6-10(12(8)23(19,20)21)15-14-9-5-1-2-7-11(9)22(16,17)18/h1-7H,13H2,(H,16,17,18)(H,19,20,21). The van der Waals surface area contributed by atoms with Crippen LogP contribution in [0, 0.1) is 0 Å². The summed E-state index contributed by atoms with van der Waals surface area (Å²) in [6.07, 6.45) is 0.